The fourth-order valence-corrected chi connectivity index (χ4v) is 5.45. The van der Waals surface area contributed by atoms with Crippen LogP contribution in [-0.2, 0) is 9.53 Å². The third kappa shape index (κ3) is 4.05. The number of halogens is 2. The van der Waals surface area contributed by atoms with Gasteiger partial charge in [-0.1, -0.05) is 53.3 Å². The maximum Gasteiger partial charge on any atom is 0.338 e. The molecule has 0 bridgehead atoms. The van der Waals surface area contributed by atoms with Gasteiger partial charge in [0.15, 0.2) is 4.80 Å². The molecule has 6 nitrogen and oxygen atoms in total. The third-order valence-electron chi connectivity index (χ3n) is 4.98. The van der Waals surface area contributed by atoms with Gasteiger partial charge in [0, 0.05) is 10.6 Å². The van der Waals surface area contributed by atoms with E-state index in [0.29, 0.717) is 35.7 Å². The van der Waals surface area contributed by atoms with Crippen molar-refractivity contribution in [3.05, 3.63) is 94.0 Å². The lowest BCUT2D eigenvalue weighted by molar-refractivity contribution is -0.139. The summed E-state index contributed by atoms with van der Waals surface area (Å²) in [6.45, 7) is 3.68. The molecular weight excluding hydrogens is 516 g/mol. The third-order valence-corrected chi connectivity index (χ3v) is 6.78. The Hall–Kier alpha value is -2.68. The SMILES string of the molecule is CCOC(=O)C1=C(C)N=c2s/c(=C\c3cc(Cl)cc(Br)c3O)c(=O)n2C1c1ccccc1. The number of ether oxygens (including phenoxy) is 1. The lowest BCUT2D eigenvalue weighted by Gasteiger charge is -2.24. The van der Waals surface area contributed by atoms with Crippen LogP contribution in [0.4, 0.5) is 0 Å². The molecule has 0 fully saturated rings. The fourth-order valence-electron chi connectivity index (χ4n) is 3.58. The Kier molecular flexibility index (Phi) is 6.37. The van der Waals surface area contributed by atoms with E-state index in [4.69, 9.17) is 16.3 Å². The van der Waals surface area contributed by atoms with Gasteiger partial charge >= 0.3 is 5.97 Å². The standard InChI is InChI=1S/C23H18BrClN2O4S/c1-3-31-22(30)18-12(2)26-23-27(19(18)13-7-5-4-6-8-13)21(29)17(32-23)10-14-9-15(25)11-16(24)20(14)28/h4-11,19,28H,3H2,1-2H3/b17-10-. The molecule has 164 valence electrons. The van der Waals surface area contributed by atoms with Gasteiger partial charge in [0.2, 0.25) is 0 Å². The summed E-state index contributed by atoms with van der Waals surface area (Å²) in [5, 5.41) is 10.8. The maximum atomic E-state index is 13.5. The zero-order valence-electron chi connectivity index (χ0n) is 17.1. The Bertz CT molecular complexity index is 1430. The Balaban J connectivity index is 1.98. The number of thiazole rings is 1. The van der Waals surface area contributed by atoms with Crippen LogP contribution in [-0.4, -0.2) is 22.2 Å². The number of rotatable bonds is 4. The summed E-state index contributed by atoms with van der Waals surface area (Å²) in [6, 6.07) is 11.8. The molecule has 0 amide bonds. The van der Waals surface area contributed by atoms with Gasteiger partial charge in [0.1, 0.15) is 5.75 Å². The van der Waals surface area contributed by atoms with Crippen molar-refractivity contribution in [2.75, 3.05) is 6.61 Å². The van der Waals surface area contributed by atoms with Crippen molar-refractivity contribution in [3.63, 3.8) is 0 Å². The number of nitrogens with zero attached hydrogens (tertiary/aromatic N) is 2. The molecule has 1 N–H and O–H groups in total. The van der Waals surface area contributed by atoms with Crippen molar-refractivity contribution in [1.29, 1.82) is 0 Å². The van der Waals surface area contributed by atoms with Crippen LogP contribution >= 0.6 is 38.9 Å². The number of allylic oxidation sites excluding steroid dienone is 1. The average Bonchev–Trinajstić information content (AvgIpc) is 3.06. The molecule has 1 aliphatic rings. The van der Waals surface area contributed by atoms with E-state index in [1.165, 1.54) is 15.9 Å². The molecule has 4 rings (SSSR count). The predicted molar refractivity (Wildman–Crippen MR) is 128 cm³/mol. The first-order valence-corrected chi connectivity index (χ1v) is 11.7. The van der Waals surface area contributed by atoms with Crippen molar-refractivity contribution in [2.45, 2.75) is 19.9 Å². The molecule has 1 atom stereocenters. The number of carbonyl (C=O) groups is 1. The van der Waals surface area contributed by atoms with Crippen LogP contribution in [0.15, 0.2) is 68.0 Å². The lowest BCUT2D eigenvalue weighted by atomic mass is 9.96. The van der Waals surface area contributed by atoms with Crippen LogP contribution in [0.3, 0.4) is 0 Å². The summed E-state index contributed by atoms with van der Waals surface area (Å²) in [5.41, 5.74) is 1.66. The highest BCUT2D eigenvalue weighted by molar-refractivity contribution is 9.10. The maximum absolute atomic E-state index is 13.5. The van der Waals surface area contributed by atoms with Crippen LogP contribution in [0.1, 0.15) is 31.0 Å². The van der Waals surface area contributed by atoms with Gasteiger partial charge in [0.05, 0.1) is 32.9 Å². The van der Waals surface area contributed by atoms with E-state index in [0.717, 1.165) is 5.56 Å². The quantitative estimate of drug-likeness (QED) is 0.516. The Labute approximate surface area is 200 Å². The zero-order chi connectivity index (χ0) is 23.0. The number of hydrogen-bond acceptors (Lipinski definition) is 6. The van der Waals surface area contributed by atoms with Gasteiger partial charge in [-0.05, 0) is 53.5 Å². The number of carbonyl (C=O) groups excluding carboxylic acids is 1. The second kappa shape index (κ2) is 9.05. The summed E-state index contributed by atoms with van der Waals surface area (Å²) in [5.74, 6) is -0.531. The molecular formula is C23H18BrClN2O4S. The second-order valence-electron chi connectivity index (χ2n) is 7.04. The minimum Gasteiger partial charge on any atom is -0.506 e. The van der Waals surface area contributed by atoms with E-state index in [-0.39, 0.29) is 17.9 Å². The summed E-state index contributed by atoms with van der Waals surface area (Å²) >= 11 is 10.6. The molecule has 3 aromatic rings. The van der Waals surface area contributed by atoms with Crippen LogP contribution in [0, 0.1) is 0 Å². The van der Waals surface area contributed by atoms with Gasteiger partial charge in [-0.25, -0.2) is 9.79 Å². The van der Waals surface area contributed by atoms with Crippen LogP contribution in [0.2, 0.25) is 5.02 Å². The van der Waals surface area contributed by atoms with Crippen LogP contribution in [0.25, 0.3) is 6.08 Å². The van der Waals surface area contributed by atoms with Crippen molar-refractivity contribution >= 4 is 50.9 Å². The molecule has 32 heavy (non-hydrogen) atoms. The topological polar surface area (TPSA) is 80.9 Å². The Morgan fingerprint density at radius 3 is 2.75 bits per heavy atom. The number of fused-ring (bicyclic) bond motifs is 1. The molecule has 0 saturated heterocycles. The number of phenols is 1. The molecule has 2 aromatic carbocycles. The van der Waals surface area contributed by atoms with Gasteiger partial charge < -0.3 is 9.84 Å². The number of aromatic hydroxyl groups is 1. The number of hydrogen-bond donors (Lipinski definition) is 1. The van der Waals surface area contributed by atoms with Crippen molar-refractivity contribution in [1.82, 2.24) is 4.57 Å². The number of phenolic OH excluding ortho intramolecular Hbond substituents is 1. The van der Waals surface area contributed by atoms with E-state index in [1.54, 1.807) is 32.1 Å². The molecule has 1 unspecified atom stereocenters. The monoisotopic (exact) mass is 532 g/mol. The molecule has 0 radical (unpaired) electrons. The van der Waals surface area contributed by atoms with E-state index in [1.807, 2.05) is 30.3 Å². The summed E-state index contributed by atoms with van der Waals surface area (Å²) < 4.78 is 7.55. The first kappa shape index (κ1) is 22.5. The fraction of sp³-hybridized carbons (Fsp3) is 0.174. The van der Waals surface area contributed by atoms with Crippen LogP contribution < -0.4 is 14.9 Å². The highest BCUT2D eigenvalue weighted by Crippen LogP contribution is 2.32. The smallest absolute Gasteiger partial charge is 0.338 e. The van der Waals surface area contributed by atoms with Crippen molar-refractivity contribution in [3.8, 4) is 5.75 Å². The summed E-state index contributed by atoms with van der Waals surface area (Å²) in [4.78, 5) is 31.3. The number of aromatic nitrogens is 1. The molecule has 1 aromatic heterocycles. The minimum absolute atomic E-state index is 0.0248. The number of benzene rings is 2. The van der Waals surface area contributed by atoms with E-state index >= 15 is 0 Å². The first-order valence-electron chi connectivity index (χ1n) is 9.74. The normalized spacial score (nSPS) is 16.0. The van der Waals surface area contributed by atoms with Gasteiger partial charge in [0.25, 0.3) is 5.56 Å². The van der Waals surface area contributed by atoms with E-state index < -0.39 is 12.0 Å². The lowest BCUT2D eigenvalue weighted by Crippen LogP contribution is -2.39. The molecule has 0 spiro atoms. The molecule has 1 aliphatic heterocycles. The van der Waals surface area contributed by atoms with E-state index in [2.05, 4.69) is 20.9 Å². The van der Waals surface area contributed by atoms with Crippen molar-refractivity contribution < 1.29 is 14.6 Å². The number of esters is 1. The average molecular weight is 534 g/mol. The largest absolute Gasteiger partial charge is 0.506 e. The Morgan fingerprint density at radius 2 is 2.06 bits per heavy atom. The van der Waals surface area contributed by atoms with Crippen LogP contribution in [0.5, 0.6) is 5.75 Å². The molecule has 0 saturated carbocycles. The molecule has 9 heteroatoms. The summed E-state index contributed by atoms with van der Waals surface area (Å²) in [6.07, 6.45) is 1.57. The summed E-state index contributed by atoms with van der Waals surface area (Å²) in [7, 11) is 0. The highest BCUT2D eigenvalue weighted by atomic mass is 79.9. The first-order chi connectivity index (χ1) is 15.3. The molecule has 0 aliphatic carbocycles. The minimum atomic E-state index is -0.673. The Morgan fingerprint density at radius 1 is 1.34 bits per heavy atom. The predicted octanol–water partition coefficient (Wildman–Crippen LogP) is 3.92. The highest BCUT2D eigenvalue weighted by Gasteiger charge is 2.33. The van der Waals surface area contributed by atoms with Gasteiger partial charge in [-0.2, -0.15) is 0 Å². The van der Waals surface area contributed by atoms with Gasteiger partial charge in [-0.3, -0.25) is 9.36 Å². The zero-order valence-corrected chi connectivity index (χ0v) is 20.3. The van der Waals surface area contributed by atoms with Gasteiger partial charge in [-0.15, -0.1) is 0 Å². The second-order valence-corrected chi connectivity index (χ2v) is 9.34. The van der Waals surface area contributed by atoms with Crippen molar-refractivity contribution in [2.24, 2.45) is 4.99 Å². The molecule has 2 heterocycles. The van der Waals surface area contributed by atoms with E-state index in [9.17, 15) is 14.7 Å².